The number of hydrogen-bond acceptors (Lipinski definition) is 5. The maximum atomic E-state index is 11.2. The maximum Gasteiger partial charge on any atom is 0.307 e. The molecule has 1 heterocycles. The van der Waals surface area contributed by atoms with Gasteiger partial charge in [-0.1, -0.05) is 0 Å². The fourth-order valence-corrected chi connectivity index (χ4v) is 2.73. The molecule has 1 aromatic heterocycles. The van der Waals surface area contributed by atoms with E-state index in [2.05, 4.69) is 41.6 Å². The Morgan fingerprint density at radius 3 is 2.68 bits per heavy atom. The van der Waals surface area contributed by atoms with Gasteiger partial charge >= 0.3 is 5.97 Å². The van der Waals surface area contributed by atoms with Crippen LogP contribution in [0.25, 0.3) is 0 Å². The van der Waals surface area contributed by atoms with Gasteiger partial charge in [0.1, 0.15) is 5.82 Å². The lowest BCUT2D eigenvalue weighted by molar-refractivity contribution is -0.140. The molecule has 7 heteroatoms. The van der Waals surface area contributed by atoms with Crippen LogP contribution < -0.4 is 4.90 Å². The van der Waals surface area contributed by atoms with Gasteiger partial charge in [-0.25, -0.2) is 4.98 Å². The highest BCUT2D eigenvalue weighted by Crippen LogP contribution is 2.26. The fraction of sp³-hybridized carbons (Fsp3) is 0.500. The Bertz CT molecular complexity index is 429. The Morgan fingerprint density at radius 2 is 2.11 bits per heavy atom. The number of rotatable bonds is 7. The first-order valence-electron chi connectivity index (χ1n) is 5.70. The van der Waals surface area contributed by atoms with Gasteiger partial charge in [0, 0.05) is 30.9 Å². The number of hydrogen-bond donors (Lipinski definition) is 0. The van der Waals surface area contributed by atoms with Crippen molar-refractivity contribution in [1.82, 2.24) is 4.98 Å². The van der Waals surface area contributed by atoms with Gasteiger partial charge in [0.15, 0.2) is 0 Å². The van der Waals surface area contributed by atoms with Crippen molar-refractivity contribution >= 4 is 43.6 Å². The van der Waals surface area contributed by atoms with E-state index in [9.17, 15) is 4.79 Å². The molecule has 0 amide bonds. The normalized spacial score (nSPS) is 10.3. The van der Waals surface area contributed by atoms with Gasteiger partial charge < -0.3 is 14.4 Å². The molecule has 0 unspecified atom stereocenters. The standard InChI is InChI=1S/C12H16Br2N2O3/c1-18-6-5-16(4-3-11(17)19-2)12-10(14)7-9(13)8-15-12/h7-8H,3-6H2,1-2H3. The number of methoxy groups -OCH3 is 2. The zero-order valence-electron chi connectivity index (χ0n) is 10.9. The van der Waals surface area contributed by atoms with Gasteiger partial charge in [0.05, 0.1) is 24.6 Å². The third-order valence-corrected chi connectivity index (χ3v) is 3.48. The molecule has 0 aliphatic heterocycles. The Balaban J connectivity index is 2.79. The highest BCUT2D eigenvalue weighted by molar-refractivity contribution is 9.11. The summed E-state index contributed by atoms with van der Waals surface area (Å²) in [5.74, 6) is 0.541. The highest BCUT2D eigenvalue weighted by Gasteiger charge is 2.14. The summed E-state index contributed by atoms with van der Waals surface area (Å²) < 4.78 is 11.5. The first kappa shape index (κ1) is 16.4. The van der Waals surface area contributed by atoms with Crippen LogP contribution in [0.15, 0.2) is 21.2 Å². The molecule has 0 aromatic carbocycles. The summed E-state index contributed by atoms with van der Waals surface area (Å²) in [6.45, 7) is 1.75. The van der Waals surface area contributed by atoms with Crippen molar-refractivity contribution in [3.63, 3.8) is 0 Å². The van der Waals surface area contributed by atoms with E-state index in [-0.39, 0.29) is 5.97 Å². The van der Waals surface area contributed by atoms with E-state index in [1.807, 2.05) is 11.0 Å². The van der Waals surface area contributed by atoms with E-state index < -0.39 is 0 Å². The van der Waals surface area contributed by atoms with Crippen molar-refractivity contribution in [3.05, 3.63) is 21.2 Å². The van der Waals surface area contributed by atoms with Crippen molar-refractivity contribution in [2.75, 3.05) is 38.8 Å². The SMILES string of the molecule is COCCN(CCC(=O)OC)c1ncc(Br)cc1Br. The molecule has 0 saturated heterocycles. The number of ether oxygens (including phenoxy) is 2. The summed E-state index contributed by atoms with van der Waals surface area (Å²) in [5, 5.41) is 0. The van der Waals surface area contributed by atoms with Crippen LogP contribution in [-0.4, -0.2) is 44.9 Å². The molecule has 0 saturated carbocycles. The van der Waals surface area contributed by atoms with E-state index >= 15 is 0 Å². The molecule has 1 aromatic rings. The number of carbonyl (C=O) groups is 1. The predicted molar refractivity (Wildman–Crippen MR) is 80.4 cm³/mol. The summed E-state index contributed by atoms with van der Waals surface area (Å²) in [7, 11) is 3.03. The van der Waals surface area contributed by atoms with Crippen LogP contribution >= 0.6 is 31.9 Å². The minimum atomic E-state index is -0.240. The van der Waals surface area contributed by atoms with Crippen LogP contribution in [0.5, 0.6) is 0 Å². The summed E-state index contributed by atoms with van der Waals surface area (Å²) in [4.78, 5) is 17.6. The average molecular weight is 396 g/mol. The molecular formula is C12H16Br2N2O3. The Morgan fingerprint density at radius 1 is 1.37 bits per heavy atom. The minimum absolute atomic E-state index is 0.240. The van der Waals surface area contributed by atoms with Crippen LogP contribution in [0.3, 0.4) is 0 Å². The third kappa shape index (κ3) is 5.46. The summed E-state index contributed by atoms with van der Waals surface area (Å²) in [6, 6.07) is 1.92. The van der Waals surface area contributed by atoms with E-state index in [0.29, 0.717) is 26.1 Å². The molecule has 0 bridgehead atoms. The molecular weight excluding hydrogens is 380 g/mol. The monoisotopic (exact) mass is 394 g/mol. The van der Waals surface area contributed by atoms with Gasteiger partial charge in [-0.3, -0.25) is 4.79 Å². The molecule has 106 valence electrons. The lowest BCUT2D eigenvalue weighted by atomic mass is 10.3. The lowest BCUT2D eigenvalue weighted by Gasteiger charge is -2.24. The smallest absolute Gasteiger partial charge is 0.307 e. The van der Waals surface area contributed by atoms with Crippen LogP contribution in [0, 0.1) is 0 Å². The second kappa shape index (κ2) is 8.50. The maximum absolute atomic E-state index is 11.2. The number of halogens is 2. The van der Waals surface area contributed by atoms with E-state index in [4.69, 9.17) is 4.74 Å². The van der Waals surface area contributed by atoms with Crippen molar-refractivity contribution in [2.45, 2.75) is 6.42 Å². The minimum Gasteiger partial charge on any atom is -0.469 e. The molecule has 19 heavy (non-hydrogen) atoms. The van der Waals surface area contributed by atoms with Crippen molar-refractivity contribution in [1.29, 1.82) is 0 Å². The Kier molecular flexibility index (Phi) is 7.33. The number of pyridine rings is 1. The summed E-state index contributed by atoms with van der Waals surface area (Å²) >= 11 is 6.83. The van der Waals surface area contributed by atoms with Gasteiger partial charge in [-0.05, 0) is 37.9 Å². The van der Waals surface area contributed by atoms with E-state index in [1.54, 1.807) is 13.3 Å². The molecule has 0 fully saturated rings. The topological polar surface area (TPSA) is 51.7 Å². The van der Waals surface area contributed by atoms with Gasteiger partial charge in [-0.2, -0.15) is 0 Å². The Hall–Kier alpha value is -0.660. The number of anilines is 1. The molecule has 5 nitrogen and oxygen atoms in total. The number of esters is 1. The zero-order valence-corrected chi connectivity index (χ0v) is 14.0. The second-order valence-corrected chi connectivity index (χ2v) is 5.53. The van der Waals surface area contributed by atoms with Crippen molar-refractivity contribution < 1.29 is 14.3 Å². The molecule has 0 spiro atoms. The first-order valence-corrected chi connectivity index (χ1v) is 7.28. The van der Waals surface area contributed by atoms with E-state index in [1.165, 1.54) is 7.11 Å². The molecule has 1 rings (SSSR count). The second-order valence-electron chi connectivity index (χ2n) is 3.76. The molecule has 0 aliphatic rings. The van der Waals surface area contributed by atoms with Crippen LogP contribution in [0.1, 0.15) is 6.42 Å². The molecule has 0 atom stereocenters. The number of aromatic nitrogens is 1. The fourth-order valence-electron chi connectivity index (χ4n) is 1.49. The van der Waals surface area contributed by atoms with E-state index in [0.717, 1.165) is 14.8 Å². The number of nitrogens with zero attached hydrogens (tertiary/aromatic N) is 2. The molecule has 0 radical (unpaired) electrons. The van der Waals surface area contributed by atoms with Crippen LogP contribution in [-0.2, 0) is 14.3 Å². The quantitative estimate of drug-likeness (QED) is 0.664. The first-order chi connectivity index (χ1) is 9.08. The van der Waals surface area contributed by atoms with Crippen LogP contribution in [0.4, 0.5) is 5.82 Å². The van der Waals surface area contributed by atoms with Crippen molar-refractivity contribution in [3.8, 4) is 0 Å². The third-order valence-electron chi connectivity index (χ3n) is 2.47. The molecule has 0 aliphatic carbocycles. The van der Waals surface area contributed by atoms with Crippen LogP contribution in [0.2, 0.25) is 0 Å². The molecule has 0 N–H and O–H groups in total. The van der Waals surface area contributed by atoms with Gasteiger partial charge in [0.2, 0.25) is 0 Å². The van der Waals surface area contributed by atoms with Gasteiger partial charge in [-0.15, -0.1) is 0 Å². The van der Waals surface area contributed by atoms with Gasteiger partial charge in [0.25, 0.3) is 0 Å². The Labute approximate surface area is 129 Å². The number of carbonyl (C=O) groups excluding carboxylic acids is 1. The summed E-state index contributed by atoms with van der Waals surface area (Å²) in [6.07, 6.45) is 2.03. The largest absolute Gasteiger partial charge is 0.469 e. The average Bonchev–Trinajstić information content (AvgIpc) is 2.39. The van der Waals surface area contributed by atoms with Crippen molar-refractivity contribution in [2.24, 2.45) is 0 Å². The zero-order chi connectivity index (χ0) is 14.3. The highest BCUT2D eigenvalue weighted by atomic mass is 79.9. The summed E-state index contributed by atoms with van der Waals surface area (Å²) in [5.41, 5.74) is 0. The predicted octanol–water partition coefficient (Wildman–Crippen LogP) is 2.62. The lowest BCUT2D eigenvalue weighted by Crippen LogP contribution is -2.31.